The van der Waals surface area contributed by atoms with Gasteiger partial charge in [-0.3, -0.25) is 4.79 Å². The molecule has 0 N–H and O–H groups in total. The number of allylic oxidation sites excluding steroid dienone is 8. The average molecular weight is 697 g/mol. The van der Waals surface area contributed by atoms with Crippen molar-refractivity contribution < 1.29 is 38.1 Å². The zero-order valence-corrected chi connectivity index (χ0v) is 28.7. The molecule has 1 unspecified atom stereocenters. The first kappa shape index (κ1) is 32.3. The van der Waals surface area contributed by atoms with Crippen molar-refractivity contribution in [3.8, 4) is 0 Å². The van der Waals surface area contributed by atoms with Crippen molar-refractivity contribution in [3.63, 3.8) is 0 Å². The maximum atomic E-state index is 12.8. The van der Waals surface area contributed by atoms with Gasteiger partial charge in [-0.1, -0.05) is 74.0 Å². The Bertz CT molecular complexity index is 1540. The van der Waals surface area contributed by atoms with Gasteiger partial charge in [-0.25, -0.2) is 0 Å². The predicted molar refractivity (Wildman–Crippen MR) is 170 cm³/mol. The van der Waals surface area contributed by atoms with Crippen LogP contribution in [-0.4, -0.2) is 36.5 Å². The minimum atomic E-state index is -0.274. The largest absolute Gasteiger partial charge is 1.00 e. The molecule has 2 aromatic carbocycles. The molecular formula is C36H42ClIN2O2. The van der Waals surface area contributed by atoms with Crippen molar-refractivity contribution in [2.75, 3.05) is 25.1 Å². The van der Waals surface area contributed by atoms with Gasteiger partial charge in [0.05, 0.1) is 18.4 Å². The Morgan fingerprint density at radius 2 is 1.64 bits per heavy atom. The minimum absolute atomic E-state index is 0. The second kappa shape index (κ2) is 12.5. The fourth-order valence-corrected chi connectivity index (χ4v) is 7.21. The topological polar surface area (TPSA) is 32.6 Å². The number of carbonyl (C=O) groups excluding carboxylic acids is 1. The number of nitrogens with zero attached hydrogens (tertiary/aromatic N) is 2. The summed E-state index contributed by atoms with van der Waals surface area (Å²) in [5, 5.41) is 0.728. The summed E-state index contributed by atoms with van der Waals surface area (Å²) in [7, 11) is 1.47. The Kier molecular flexibility index (Phi) is 9.63. The van der Waals surface area contributed by atoms with Crippen LogP contribution in [0, 0.1) is 5.92 Å². The maximum Gasteiger partial charge on any atom is 0.309 e. The van der Waals surface area contributed by atoms with Gasteiger partial charge in [-0.15, -0.1) is 0 Å². The quantitative estimate of drug-likeness (QED) is 0.232. The van der Waals surface area contributed by atoms with E-state index in [0.29, 0.717) is 12.8 Å². The summed E-state index contributed by atoms with van der Waals surface area (Å²) >= 11 is 7.14. The average Bonchev–Trinajstić information content (AvgIpc) is 3.33. The summed E-state index contributed by atoms with van der Waals surface area (Å²) < 4.78 is 7.58. The van der Waals surface area contributed by atoms with E-state index in [2.05, 4.69) is 124 Å². The highest BCUT2D eigenvalue weighted by Crippen LogP contribution is 2.48. The van der Waals surface area contributed by atoms with Gasteiger partial charge in [-0.05, 0) is 69.4 Å². The lowest BCUT2D eigenvalue weighted by Gasteiger charge is -2.27. The first-order valence-electron chi connectivity index (χ1n) is 14.7. The van der Waals surface area contributed by atoms with Crippen LogP contribution in [0.25, 0.3) is 0 Å². The molecule has 0 saturated heterocycles. The predicted octanol–water partition coefficient (Wildman–Crippen LogP) is 5.35. The lowest BCUT2D eigenvalue weighted by Crippen LogP contribution is -3.00. The number of fused-ring (bicyclic) bond motifs is 2. The zero-order chi connectivity index (χ0) is 29.5. The van der Waals surface area contributed by atoms with E-state index in [1.54, 1.807) is 0 Å². The van der Waals surface area contributed by atoms with Crippen LogP contribution >= 0.6 is 11.6 Å². The van der Waals surface area contributed by atoms with Gasteiger partial charge in [0.2, 0.25) is 5.69 Å². The van der Waals surface area contributed by atoms with Crippen molar-refractivity contribution in [1.82, 2.24) is 0 Å². The van der Waals surface area contributed by atoms with Crippen LogP contribution in [0.15, 0.2) is 94.7 Å². The molecule has 2 aliphatic heterocycles. The van der Waals surface area contributed by atoms with E-state index < -0.39 is 0 Å². The summed E-state index contributed by atoms with van der Waals surface area (Å²) in [5.74, 6) is -0.470. The van der Waals surface area contributed by atoms with Crippen molar-refractivity contribution in [3.05, 3.63) is 106 Å². The Hall–Kier alpha value is -2.64. The van der Waals surface area contributed by atoms with Crippen molar-refractivity contribution in [2.24, 2.45) is 5.92 Å². The molecule has 1 aliphatic carbocycles. The highest BCUT2D eigenvalue weighted by Gasteiger charge is 2.44. The Morgan fingerprint density at radius 3 is 2.31 bits per heavy atom. The van der Waals surface area contributed by atoms with Gasteiger partial charge in [0, 0.05) is 46.1 Å². The summed E-state index contributed by atoms with van der Waals surface area (Å²) in [5.41, 5.74) is 9.28. The number of ether oxygens (including phenoxy) is 1. The third kappa shape index (κ3) is 5.43. The highest BCUT2D eigenvalue weighted by molar-refractivity contribution is 6.32. The number of esters is 1. The first-order valence-corrected chi connectivity index (χ1v) is 15.1. The number of benzene rings is 2. The van der Waals surface area contributed by atoms with Crippen LogP contribution in [0.1, 0.15) is 65.5 Å². The molecule has 0 bridgehead atoms. The second-order valence-corrected chi connectivity index (χ2v) is 12.6. The van der Waals surface area contributed by atoms with E-state index in [1.165, 1.54) is 41.0 Å². The summed E-state index contributed by atoms with van der Waals surface area (Å²) in [6.07, 6.45) is 9.76. The molecule has 0 fully saturated rings. The first-order chi connectivity index (χ1) is 19.6. The number of para-hydroxylation sites is 2. The summed E-state index contributed by atoms with van der Waals surface area (Å²) in [6.45, 7) is 15.2. The number of methoxy groups -OCH3 is 1. The zero-order valence-electron chi connectivity index (χ0n) is 25.8. The molecule has 2 heterocycles. The number of likely N-dealkylation sites (N-methyl/N-ethyl adjacent to an activating group) is 1. The Labute approximate surface area is 273 Å². The highest BCUT2D eigenvalue weighted by atomic mass is 127. The molecule has 222 valence electrons. The monoisotopic (exact) mass is 696 g/mol. The third-order valence-corrected chi connectivity index (χ3v) is 9.63. The molecule has 0 saturated carbocycles. The molecule has 0 radical (unpaired) electrons. The minimum Gasteiger partial charge on any atom is -1.00 e. The number of halogens is 2. The summed E-state index contributed by atoms with van der Waals surface area (Å²) in [6, 6.07) is 17.2. The van der Waals surface area contributed by atoms with Crippen LogP contribution in [0.3, 0.4) is 0 Å². The van der Waals surface area contributed by atoms with Crippen LogP contribution in [0.4, 0.5) is 11.4 Å². The number of hydrogen-bond donors (Lipinski definition) is 0. The fourth-order valence-electron chi connectivity index (χ4n) is 6.93. The van der Waals surface area contributed by atoms with E-state index in [9.17, 15) is 4.79 Å². The van der Waals surface area contributed by atoms with E-state index in [1.807, 2.05) is 0 Å². The molecule has 3 aliphatic rings. The second-order valence-electron chi connectivity index (χ2n) is 12.2. The molecule has 6 heteroatoms. The summed E-state index contributed by atoms with van der Waals surface area (Å²) in [4.78, 5) is 15.2. The fraction of sp³-hybridized carbons (Fsp3) is 0.389. The van der Waals surface area contributed by atoms with Crippen LogP contribution in [-0.2, 0) is 20.4 Å². The van der Waals surface area contributed by atoms with Crippen molar-refractivity contribution >= 4 is 34.7 Å². The number of rotatable bonds is 6. The maximum absolute atomic E-state index is 12.8. The molecule has 4 nitrogen and oxygen atoms in total. The molecule has 42 heavy (non-hydrogen) atoms. The molecule has 1 atom stereocenters. The van der Waals surface area contributed by atoms with Crippen LogP contribution in [0.5, 0.6) is 0 Å². The number of anilines is 1. The lowest BCUT2D eigenvalue weighted by atomic mass is 9.80. The Morgan fingerprint density at radius 1 is 0.976 bits per heavy atom. The van der Waals surface area contributed by atoms with E-state index >= 15 is 0 Å². The third-order valence-electron chi connectivity index (χ3n) is 9.15. The number of hydrogen-bond acceptors (Lipinski definition) is 3. The Balaban J connectivity index is 0.00000405. The van der Waals surface area contributed by atoms with E-state index in [4.69, 9.17) is 16.3 Å². The van der Waals surface area contributed by atoms with Crippen molar-refractivity contribution in [2.45, 2.75) is 65.2 Å². The lowest BCUT2D eigenvalue weighted by molar-refractivity contribution is -0.433. The molecule has 2 aromatic rings. The van der Waals surface area contributed by atoms with Crippen molar-refractivity contribution in [1.29, 1.82) is 0 Å². The van der Waals surface area contributed by atoms with E-state index in [-0.39, 0.29) is 46.7 Å². The van der Waals surface area contributed by atoms with Gasteiger partial charge in [0.1, 0.15) is 6.54 Å². The normalized spacial score (nSPS) is 22.6. The van der Waals surface area contributed by atoms with Gasteiger partial charge in [-0.2, -0.15) is 4.58 Å². The molecule has 5 rings (SSSR count). The molecule has 0 spiro atoms. The van der Waals surface area contributed by atoms with Gasteiger partial charge < -0.3 is 33.6 Å². The molecule has 0 amide bonds. The van der Waals surface area contributed by atoms with Crippen LogP contribution < -0.4 is 28.9 Å². The van der Waals surface area contributed by atoms with Gasteiger partial charge in [0.25, 0.3) is 0 Å². The number of carbonyl (C=O) groups is 1. The SMILES string of the molecule is CCN1/C(=C/C=C2\CC(C(=O)OC)CC(/C=C/C3=[N+](CC)c4ccccc4C3(C)C)=C2Cl)C(C)(C)c2ccccc21.[I-]. The van der Waals surface area contributed by atoms with Crippen LogP contribution in [0.2, 0.25) is 0 Å². The van der Waals surface area contributed by atoms with Gasteiger partial charge in [0.15, 0.2) is 5.71 Å². The molecule has 0 aromatic heterocycles. The standard InChI is InChI=1S/C36H42ClN2O2.HI/c1-8-38-29-16-12-10-14-27(29)35(3,4)31(38)20-18-24-22-26(34(40)41-7)23-25(33(24)37)19-21-32-36(5,6)28-15-11-13-17-30(28)39(32)9-2;/h10-21,26H,8-9,22-23H2,1-7H3;1H/q+1;/p-1. The molecular weight excluding hydrogens is 655 g/mol. The van der Waals surface area contributed by atoms with E-state index in [0.717, 1.165) is 29.3 Å². The smallest absolute Gasteiger partial charge is 0.309 e. The van der Waals surface area contributed by atoms with Gasteiger partial charge >= 0.3 is 5.97 Å².